The summed E-state index contributed by atoms with van der Waals surface area (Å²) >= 11 is 0. The predicted molar refractivity (Wildman–Crippen MR) is 55.8 cm³/mol. The van der Waals surface area contributed by atoms with E-state index < -0.39 is 11.9 Å². The molecule has 0 rings (SSSR count). The van der Waals surface area contributed by atoms with E-state index in [1.807, 2.05) is 0 Å². The molecule has 0 saturated carbocycles. The summed E-state index contributed by atoms with van der Waals surface area (Å²) in [6.07, 6.45) is 4.33. The first-order chi connectivity index (χ1) is 7.07. The molecule has 0 aromatic rings. The second kappa shape index (κ2) is 8.26. The Morgan fingerprint density at radius 1 is 1.07 bits per heavy atom. The zero-order chi connectivity index (χ0) is 11.7. The Bertz CT molecular complexity index is 199. The van der Waals surface area contributed by atoms with Crippen LogP contribution in [0.15, 0.2) is 0 Å². The maximum atomic E-state index is 11.0. The van der Waals surface area contributed by atoms with E-state index >= 15 is 0 Å². The predicted octanol–water partition coefficient (Wildman–Crippen LogP) is 2.61. The highest BCUT2D eigenvalue weighted by molar-refractivity contribution is 5.73. The highest BCUT2D eigenvalue weighted by atomic mass is 17.2. The molecular formula is C11H20O4. The van der Waals surface area contributed by atoms with E-state index in [0.29, 0.717) is 6.42 Å². The lowest BCUT2D eigenvalue weighted by Crippen LogP contribution is -2.15. The van der Waals surface area contributed by atoms with Crippen molar-refractivity contribution in [2.75, 3.05) is 0 Å². The summed E-state index contributed by atoms with van der Waals surface area (Å²) in [6.45, 7) is 5.46. The molecule has 0 amide bonds. The van der Waals surface area contributed by atoms with E-state index in [1.165, 1.54) is 0 Å². The number of hydrogen-bond donors (Lipinski definition) is 0. The van der Waals surface area contributed by atoms with E-state index in [1.54, 1.807) is 13.8 Å². The van der Waals surface area contributed by atoms with Crippen LogP contribution >= 0.6 is 0 Å². The van der Waals surface area contributed by atoms with Gasteiger partial charge in [0.25, 0.3) is 0 Å². The normalized spacial score (nSPS) is 10.1. The summed E-state index contributed by atoms with van der Waals surface area (Å²) in [5.74, 6) is -1.27. The molecule has 0 aliphatic rings. The van der Waals surface area contributed by atoms with Gasteiger partial charge in [0.15, 0.2) is 0 Å². The molecule has 4 heteroatoms. The van der Waals surface area contributed by atoms with E-state index in [-0.39, 0.29) is 5.92 Å². The summed E-state index contributed by atoms with van der Waals surface area (Å²) in [4.78, 5) is 30.6. The Balaban J connectivity index is 3.45. The Labute approximate surface area is 90.9 Å². The van der Waals surface area contributed by atoms with Gasteiger partial charge in [0.05, 0.1) is 12.3 Å². The average Bonchev–Trinajstić information content (AvgIpc) is 2.20. The third-order valence-corrected chi connectivity index (χ3v) is 1.92. The Morgan fingerprint density at radius 3 is 2.27 bits per heavy atom. The molecule has 0 N–H and O–H groups in total. The van der Waals surface area contributed by atoms with Gasteiger partial charge in [-0.3, -0.25) is 0 Å². The van der Waals surface area contributed by atoms with E-state index in [4.69, 9.17) is 0 Å². The molecule has 15 heavy (non-hydrogen) atoms. The van der Waals surface area contributed by atoms with Gasteiger partial charge in [-0.1, -0.05) is 40.0 Å². The van der Waals surface area contributed by atoms with Crippen LogP contribution in [0.1, 0.15) is 52.9 Å². The topological polar surface area (TPSA) is 52.6 Å². The average molecular weight is 216 g/mol. The molecule has 0 unspecified atom stereocenters. The van der Waals surface area contributed by atoms with Gasteiger partial charge in [0.1, 0.15) is 0 Å². The minimum absolute atomic E-state index is 0.280. The fraction of sp³-hybridized carbons (Fsp3) is 0.818. The van der Waals surface area contributed by atoms with Crippen LogP contribution in [-0.2, 0) is 19.4 Å². The Hall–Kier alpha value is -1.06. The lowest BCUT2D eigenvalue weighted by molar-refractivity contribution is -0.261. The molecule has 0 saturated heterocycles. The molecule has 0 atom stereocenters. The van der Waals surface area contributed by atoms with Crippen LogP contribution in [0.5, 0.6) is 0 Å². The lowest BCUT2D eigenvalue weighted by Gasteiger charge is -2.04. The molecule has 0 aliphatic carbocycles. The zero-order valence-corrected chi connectivity index (χ0v) is 9.75. The van der Waals surface area contributed by atoms with Crippen molar-refractivity contribution in [2.24, 2.45) is 5.92 Å². The standard InChI is InChI=1S/C11H20O4/c1-4-5-6-7-8-10(12)14-15-11(13)9(2)3/h9H,4-8H2,1-3H3. The molecule has 4 nitrogen and oxygen atoms in total. The van der Waals surface area contributed by atoms with Crippen molar-refractivity contribution in [3.63, 3.8) is 0 Å². The van der Waals surface area contributed by atoms with Gasteiger partial charge >= 0.3 is 11.9 Å². The van der Waals surface area contributed by atoms with Gasteiger partial charge in [-0.25, -0.2) is 19.4 Å². The van der Waals surface area contributed by atoms with Crippen molar-refractivity contribution >= 4 is 11.9 Å². The lowest BCUT2D eigenvalue weighted by atomic mass is 10.2. The highest BCUT2D eigenvalue weighted by Crippen LogP contribution is 2.04. The molecular weight excluding hydrogens is 196 g/mol. The first kappa shape index (κ1) is 13.9. The number of unbranched alkanes of at least 4 members (excludes halogenated alkanes) is 3. The van der Waals surface area contributed by atoms with Gasteiger partial charge in [-0.2, -0.15) is 0 Å². The van der Waals surface area contributed by atoms with Gasteiger partial charge in [-0.15, -0.1) is 0 Å². The van der Waals surface area contributed by atoms with Crippen molar-refractivity contribution in [1.82, 2.24) is 0 Å². The Morgan fingerprint density at radius 2 is 1.73 bits per heavy atom. The first-order valence-electron chi connectivity index (χ1n) is 5.49. The van der Waals surface area contributed by atoms with Gasteiger partial charge in [0, 0.05) is 0 Å². The zero-order valence-electron chi connectivity index (χ0n) is 9.75. The summed E-state index contributed by atoms with van der Waals surface area (Å²) < 4.78 is 0. The van der Waals surface area contributed by atoms with E-state index in [2.05, 4.69) is 16.7 Å². The maximum Gasteiger partial charge on any atom is 0.358 e. The quantitative estimate of drug-likeness (QED) is 0.389. The van der Waals surface area contributed by atoms with Crippen molar-refractivity contribution < 1.29 is 19.4 Å². The van der Waals surface area contributed by atoms with Crippen molar-refractivity contribution in [1.29, 1.82) is 0 Å². The molecule has 0 radical (unpaired) electrons. The van der Waals surface area contributed by atoms with E-state index in [0.717, 1.165) is 25.7 Å². The van der Waals surface area contributed by atoms with Crippen LogP contribution in [0.3, 0.4) is 0 Å². The van der Waals surface area contributed by atoms with Crippen molar-refractivity contribution in [3.05, 3.63) is 0 Å². The molecule has 88 valence electrons. The summed E-state index contributed by atoms with van der Waals surface area (Å²) in [6, 6.07) is 0. The van der Waals surface area contributed by atoms with Gasteiger partial charge < -0.3 is 0 Å². The fourth-order valence-corrected chi connectivity index (χ4v) is 0.922. The van der Waals surface area contributed by atoms with E-state index in [9.17, 15) is 9.59 Å². The number of rotatable bonds is 6. The fourth-order valence-electron chi connectivity index (χ4n) is 0.922. The minimum Gasteiger partial charge on any atom is -0.247 e. The third-order valence-electron chi connectivity index (χ3n) is 1.92. The molecule has 0 bridgehead atoms. The first-order valence-corrected chi connectivity index (χ1v) is 5.49. The monoisotopic (exact) mass is 216 g/mol. The number of hydrogen-bond acceptors (Lipinski definition) is 4. The number of carbonyl (C=O) groups excluding carboxylic acids is 2. The van der Waals surface area contributed by atoms with Crippen LogP contribution in [-0.4, -0.2) is 11.9 Å². The van der Waals surface area contributed by atoms with Crippen LogP contribution in [0.25, 0.3) is 0 Å². The van der Waals surface area contributed by atoms with Crippen molar-refractivity contribution in [3.8, 4) is 0 Å². The van der Waals surface area contributed by atoms with Crippen LogP contribution in [0.4, 0.5) is 0 Å². The van der Waals surface area contributed by atoms with Crippen LogP contribution < -0.4 is 0 Å². The van der Waals surface area contributed by atoms with Gasteiger partial charge in [-0.05, 0) is 6.42 Å². The van der Waals surface area contributed by atoms with Crippen LogP contribution in [0, 0.1) is 5.92 Å². The molecule has 0 fully saturated rings. The second-order valence-corrected chi connectivity index (χ2v) is 3.82. The summed E-state index contributed by atoms with van der Waals surface area (Å²) in [5.41, 5.74) is 0. The second-order valence-electron chi connectivity index (χ2n) is 3.82. The highest BCUT2D eigenvalue weighted by Gasteiger charge is 2.12. The van der Waals surface area contributed by atoms with Gasteiger partial charge in [0.2, 0.25) is 0 Å². The summed E-state index contributed by atoms with van der Waals surface area (Å²) in [7, 11) is 0. The van der Waals surface area contributed by atoms with Crippen molar-refractivity contribution in [2.45, 2.75) is 52.9 Å². The molecule has 0 aliphatic heterocycles. The smallest absolute Gasteiger partial charge is 0.247 e. The Kier molecular flexibility index (Phi) is 7.68. The summed E-state index contributed by atoms with van der Waals surface area (Å²) in [5, 5.41) is 0. The largest absolute Gasteiger partial charge is 0.358 e. The maximum absolute atomic E-state index is 11.0. The molecule has 0 heterocycles. The molecule has 0 aromatic heterocycles. The third kappa shape index (κ3) is 7.97. The number of carbonyl (C=O) groups is 2. The molecule has 0 aromatic carbocycles. The SMILES string of the molecule is CCCCCCC(=O)OOC(=O)C(C)C. The minimum atomic E-state index is -0.517. The van der Waals surface area contributed by atoms with Crippen LogP contribution in [0.2, 0.25) is 0 Å². The molecule has 0 spiro atoms.